The number of likely N-dealkylation sites (N-methyl/N-ethyl adjacent to an activating group) is 2. The topological polar surface area (TPSA) is 115 Å². The summed E-state index contributed by atoms with van der Waals surface area (Å²) in [6.07, 6.45) is 0. The number of carbonyl (C=O) groups excluding carboxylic acids is 3. The Hall–Kier alpha value is -3.36. The van der Waals surface area contributed by atoms with Crippen molar-refractivity contribution in [1.82, 2.24) is 10.2 Å². The molecule has 144 valence electrons. The van der Waals surface area contributed by atoms with Gasteiger partial charge in [0.15, 0.2) is 13.2 Å². The molecule has 9 nitrogen and oxygen atoms in total. The van der Waals surface area contributed by atoms with E-state index in [1.165, 1.54) is 26.2 Å². The smallest absolute Gasteiger partial charge is 0.344 e. The number of fused-ring (bicyclic) bond motifs is 1. The molecule has 0 bridgehead atoms. The lowest BCUT2D eigenvalue weighted by molar-refractivity contribution is -0.153. The van der Waals surface area contributed by atoms with Crippen molar-refractivity contribution in [2.45, 2.75) is 6.92 Å². The number of esters is 1. The molecule has 27 heavy (non-hydrogen) atoms. The molecule has 0 spiro atoms. The summed E-state index contributed by atoms with van der Waals surface area (Å²) < 4.78 is 15.2. The summed E-state index contributed by atoms with van der Waals surface area (Å²) in [5, 5.41) is 3.14. The third-order valence-corrected chi connectivity index (χ3v) is 3.72. The zero-order chi connectivity index (χ0) is 20.0. The van der Waals surface area contributed by atoms with Crippen molar-refractivity contribution in [3.05, 3.63) is 40.2 Å². The molecule has 2 aromatic rings. The van der Waals surface area contributed by atoms with Crippen LogP contribution in [0.4, 0.5) is 0 Å². The quantitative estimate of drug-likeness (QED) is 0.543. The van der Waals surface area contributed by atoms with E-state index in [0.717, 1.165) is 15.8 Å². The molecule has 1 aromatic heterocycles. The Kier molecular flexibility index (Phi) is 6.53. The zero-order valence-electron chi connectivity index (χ0n) is 15.2. The molecule has 0 fully saturated rings. The Morgan fingerprint density at radius 2 is 1.93 bits per heavy atom. The molecule has 1 N–H and O–H groups in total. The first kappa shape index (κ1) is 20.0. The average Bonchev–Trinajstić information content (AvgIpc) is 2.63. The number of carbonyl (C=O) groups is 3. The highest BCUT2D eigenvalue weighted by molar-refractivity contribution is 5.86. The number of benzene rings is 1. The van der Waals surface area contributed by atoms with E-state index in [-0.39, 0.29) is 12.5 Å². The molecule has 0 aliphatic heterocycles. The first-order valence-electron chi connectivity index (χ1n) is 8.07. The van der Waals surface area contributed by atoms with E-state index in [4.69, 9.17) is 13.9 Å². The number of amides is 2. The van der Waals surface area contributed by atoms with Crippen LogP contribution in [0.25, 0.3) is 11.0 Å². The van der Waals surface area contributed by atoms with Crippen LogP contribution in [0.5, 0.6) is 5.75 Å². The van der Waals surface area contributed by atoms with E-state index in [0.29, 0.717) is 11.3 Å². The summed E-state index contributed by atoms with van der Waals surface area (Å²) >= 11 is 0. The number of hydrogen-bond donors (Lipinski definition) is 1. The van der Waals surface area contributed by atoms with Crippen LogP contribution in [-0.4, -0.2) is 56.5 Å². The summed E-state index contributed by atoms with van der Waals surface area (Å²) in [6.45, 7) is 0.732. The number of nitrogens with zero attached hydrogens (tertiary/aromatic N) is 1. The largest absolute Gasteiger partial charge is 0.482 e. The van der Waals surface area contributed by atoms with Gasteiger partial charge >= 0.3 is 11.6 Å². The normalized spacial score (nSPS) is 10.3. The van der Waals surface area contributed by atoms with Gasteiger partial charge in [-0.25, -0.2) is 9.59 Å². The highest BCUT2D eigenvalue weighted by Crippen LogP contribution is 2.22. The van der Waals surface area contributed by atoms with E-state index in [1.807, 2.05) is 0 Å². The molecule has 0 unspecified atom stereocenters. The molecule has 0 aliphatic rings. The van der Waals surface area contributed by atoms with E-state index >= 15 is 0 Å². The van der Waals surface area contributed by atoms with Gasteiger partial charge in [-0.15, -0.1) is 0 Å². The van der Waals surface area contributed by atoms with Crippen LogP contribution in [0.2, 0.25) is 0 Å². The van der Waals surface area contributed by atoms with Crippen LogP contribution < -0.4 is 15.7 Å². The molecule has 2 rings (SSSR count). The minimum absolute atomic E-state index is 0.134. The first-order chi connectivity index (χ1) is 12.8. The van der Waals surface area contributed by atoms with Gasteiger partial charge in [-0.2, -0.15) is 0 Å². The maximum Gasteiger partial charge on any atom is 0.344 e. The highest BCUT2D eigenvalue weighted by atomic mass is 16.6. The maximum absolute atomic E-state index is 11.8. The van der Waals surface area contributed by atoms with Gasteiger partial charge in [0, 0.05) is 31.6 Å². The predicted octanol–water partition coefficient (Wildman–Crippen LogP) is 0.228. The molecular weight excluding hydrogens is 356 g/mol. The molecule has 0 saturated carbocycles. The van der Waals surface area contributed by atoms with Crippen molar-refractivity contribution in [2.75, 3.05) is 33.9 Å². The molecular formula is C18H20N2O7. The van der Waals surface area contributed by atoms with Gasteiger partial charge in [-0.05, 0) is 24.6 Å². The molecule has 0 aliphatic carbocycles. The third-order valence-electron chi connectivity index (χ3n) is 3.72. The minimum Gasteiger partial charge on any atom is -0.482 e. The Bertz CT molecular complexity index is 920. The van der Waals surface area contributed by atoms with E-state index in [9.17, 15) is 19.2 Å². The van der Waals surface area contributed by atoms with Gasteiger partial charge in [0.05, 0.1) is 6.54 Å². The van der Waals surface area contributed by atoms with Crippen LogP contribution >= 0.6 is 0 Å². The first-order valence-corrected chi connectivity index (χ1v) is 8.07. The second-order valence-electron chi connectivity index (χ2n) is 5.78. The summed E-state index contributed by atoms with van der Waals surface area (Å²) in [5.41, 5.74) is 0.638. The van der Waals surface area contributed by atoms with E-state index in [1.54, 1.807) is 19.1 Å². The fraction of sp³-hybridized carbons (Fsp3) is 0.333. The summed E-state index contributed by atoms with van der Waals surface area (Å²) in [7, 11) is 2.88. The second-order valence-corrected chi connectivity index (χ2v) is 5.78. The standard InChI is InChI=1S/C18H20N2O7/c1-11-6-17(23)27-14-7-12(4-5-13(11)14)25-10-18(24)26-9-16(22)20(3)8-15(21)19-2/h4-7H,8-10H2,1-3H3,(H,19,21). The van der Waals surface area contributed by atoms with Gasteiger partial charge in [-0.3, -0.25) is 9.59 Å². The minimum atomic E-state index is -0.748. The number of rotatable bonds is 7. The summed E-state index contributed by atoms with van der Waals surface area (Å²) in [5.74, 6) is -1.28. The Labute approximate surface area is 154 Å². The molecule has 1 aromatic carbocycles. The van der Waals surface area contributed by atoms with Crippen molar-refractivity contribution >= 4 is 28.8 Å². The molecule has 0 radical (unpaired) electrons. The highest BCUT2D eigenvalue weighted by Gasteiger charge is 2.15. The second kappa shape index (κ2) is 8.84. The maximum atomic E-state index is 11.8. The molecule has 0 saturated heterocycles. The molecule has 0 atom stereocenters. The number of nitrogens with one attached hydrogen (secondary N) is 1. The zero-order valence-corrected chi connectivity index (χ0v) is 15.2. The molecule has 1 heterocycles. The van der Waals surface area contributed by atoms with Gasteiger partial charge in [0.1, 0.15) is 11.3 Å². The molecule has 2 amide bonds. The van der Waals surface area contributed by atoms with Crippen LogP contribution in [0, 0.1) is 6.92 Å². The number of ether oxygens (including phenoxy) is 2. The van der Waals surface area contributed by atoms with Gasteiger partial charge in [-0.1, -0.05) is 0 Å². The Morgan fingerprint density at radius 3 is 2.63 bits per heavy atom. The van der Waals surface area contributed by atoms with Crippen LogP contribution in [0.15, 0.2) is 33.5 Å². The number of aryl methyl sites for hydroxylation is 1. The van der Waals surface area contributed by atoms with Gasteiger partial charge in [0.25, 0.3) is 5.91 Å². The Balaban J connectivity index is 1.86. The van der Waals surface area contributed by atoms with Crippen molar-refractivity contribution in [3.63, 3.8) is 0 Å². The van der Waals surface area contributed by atoms with Crippen molar-refractivity contribution in [1.29, 1.82) is 0 Å². The lowest BCUT2D eigenvalue weighted by Crippen LogP contribution is -2.39. The van der Waals surface area contributed by atoms with Gasteiger partial charge < -0.3 is 24.1 Å². The van der Waals surface area contributed by atoms with Crippen LogP contribution in [0.1, 0.15) is 5.56 Å². The van der Waals surface area contributed by atoms with Crippen molar-refractivity contribution in [3.8, 4) is 5.75 Å². The molecule has 9 heteroatoms. The average molecular weight is 376 g/mol. The lowest BCUT2D eigenvalue weighted by atomic mass is 10.1. The van der Waals surface area contributed by atoms with Crippen LogP contribution in [-0.2, 0) is 19.1 Å². The lowest BCUT2D eigenvalue weighted by Gasteiger charge is -2.16. The third kappa shape index (κ3) is 5.56. The van der Waals surface area contributed by atoms with Gasteiger partial charge in [0.2, 0.25) is 5.91 Å². The van der Waals surface area contributed by atoms with E-state index < -0.39 is 30.7 Å². The Morgan fingerprint density at radius 1 is 1.19 bits per heavy atom. The van der Waals surface area contributed by atoms with Crippen LogP contribution in [0.3, 0.4) is 0 Å². The SMILES string of the molecule is CNC(=O)CN(C)C(=O)COC(=O)COc1ccc2c(C)cc(=O)oc2c1. The van der Waals surface area contributed by atoms with Crippen molar-refractivity contribution < 1.29 is 28.3 Å². The fourth-order valence-corrected chi connectivity index (χ4v) is 2.21. The number of hydrogen-bond acceptors (Lipinski definition) is 7. The fourth-order valence-electron chi connectivity index (χ4n) is 2.21. The van der Waals surface area contributed by atoms with Crippen molar-refractivity contribution in [2.24, 2.45) is 0 Å². The summed E-state index contributed by atoms with van der Waals surface area (Å²) in [6, 6.07) is 6.23. The summed E-state index contributed by atoms with van der Waals surface area (Å²) in [4.78, 5) is 47.3. The van der Waals surface area contributed by atoms with E-state index in [2.05, 4.69) is 5.32 Å². The predicted molar refractivity (Wildman–Crippen MR) is 95.4 cm³/mol. The monoisotopic (exact) mass is 376 g/mol.